The largest absolute Gasteiger partial charge is 0.346 e. The SMILES string of the molecule is Cc1ccc(NC(=O)NC2CC[NH+](CC(=O)NCc3cccs3)CC2)cc1. The van der Waals surface area contributed by atoms with Crippen LogP contribution in [0.4, 0.5) is 10.5 Å². The number of likely N-dealkylation sites (tertiary alicyclic amines) is 1. The van der Waals surface area contributed by atoms with Crippen molar-refractivity contribution >= 4 is 29.0 Å². The lowest BCUT2D eigenvalue weighted by atomic mass is 10.1. The molecule has 1 aromatic carbocycles. The zero-order chi connectivity index (χ0) is 19.1. The number of rotatable bonds is 6. The van der Waals surface area contributed by atoms with Gasteiger partial charge in [-0.2, -0.15) is 0 Å². The fraction of sp³-hybridized carbons (Fsp3) is 0.400. The summed E-state index contributed by atoms with van der Waals surface area (Å²) in [6, 6.07) is 11.8. The Bertz CT molecular complexity index is 738. The highest BCUT2D eigenvalue weighted by atomic mass is 32.1. The third kappa shape index (κ3) is 6.37. The van der Waals surface area contributed by atoms with Gasteiger partial charge in [-0.25, -0.2) is 4.79 Å². The Morgan fingerprint density at radius 3 is 2.56 bits per heavy atom. The molecular formula is C20H27N4O2S+. The van der Waals surface area contributed by atoms with E-state index in [4.69, 9.17) is 0 Å². The number of quaternary nitrogens is 1. The van der Waals surface area contributed by atoms with Gasteiger partial charge in [0.15, 0.2) is 6.54 Å². The summed E-state index contributed by atoms with van der Waals surface area (Å²) in [4.78, 5) is 26.7. The van der Waals surface area contributed by atoms with Crippen molar-refractivity contribution in [2.24, 2.45) is 0 Å². The van der Waals surface area contributed by atoms with Crippen molar-refractivity contribution in [1.82, 2.24) is 10.6 Å². The molecule has 1 fully saturated rings. The summed E-state index contributed by atoms with van der Waals surface area (Å²) < 4.78 is 0. The van der Waals surface area contributed by atoms with Crippen LogP contribution in [0.5, 0.6) is 0 Å². The topological polar surface area (TPSA) is 74.7 Å². The van der Waals surface area contributed by atoms with Crippen LogP contribution in [0.15, 0.2) is 41.8 Å². The van der Waals surface area contributed by atoms with E-state index in [0.717, 1.165) is 37.2 Å². The Hall–Kier alpha value is -2.38. The van der Waals surface area contributed by atoms with E-state index in [1.54, 1.807) is 11.3 Å². The Kier molecular flexibility index (Phi) is 6.84. The van der Waals surface area contributed by atoms with E-state index in [2.05, 4.69) is 16.0 Å². The maximum atomic E-state index is 12.1. The molecule has 0 aliphatic carbocycles. The molecule has 2 heterocycles. The first kappa shape index (κ1) is 19.4. The van der Waals surface area contributed by atoms with Crippen LogP contribution < -0.4 is 20.9 Å². The third-order valence-corrected chi connectivity index (χ3v) is 5.66. The van der Waals surface area contributed by atoms with Gasteiger partial charge in [0.05, 0.1) is 19.6 Å². The number of anilines is 1. The zero-order valence-electron chi connectivity index (χ0n) is 15.6. The molecule has 0 unspecified atom stereocenters. The summed E-state index contributed by atoms with van der Waals surface area (Å²) in [5, 5.41) is 10.9. The highest BCUT2D eigenvalue weighted by Gasteiger charge is 2.25. The molecule has 0 bridgehead atoms. The Labute approximate surface area is 164 Å². The molecule has 1 saturated heterocycles. The van der Waals surface area contributed by atoms with Crippen molar-refractivity contribution in [2.75, 3.05) is 25.0 Å². The second-order valence-corrected chi connectivity index (χ2v) is 8.05. The van der Waals surface area contributed by atoms with Gasteiger partial charge in [-0.05, 0) is 30.5 Å². The van der Waals surface area contributed by atoms with Crippen LogP contribution in [-0.2, 0) is 11.3 Å². The quantitative estimate of drug-likeness (QED) is 0.607. The highest BCUT2D eigenvalue weighted by molar-refractivity contribution is 7.09. The lowest BCUT2D eigenvalue weighted by Crippen LogP contribution is -3.14. The van der Waals surface area contributed by atoms with Crippen LogP contribution >= 0.6 is 11.3 Å². The Morgan fingerprint density at radius 1 is 1.15 bits per heavy atom. The minimum absolute atomic E-state index is 0.0851. The number of piperidine rings is 1. The van der Waals surface area contributed by atoms with Crippen molar-refractivity contribution in [1.29, 1.82) is 0 Å². The predicted octanol–water partition coefficient (Wildman–Crippen LogP) is 1.54. The van der Waals surface area contributed by atoms with Crippen LogP contribution in [-0.4, -0.2) is 37.6 Å². The van der Waals surface area contributed by atoms with E-state index < -0.39 is 0 Å². The van der Waals surface area contributed by atoms with Crippen molar-refractivity contribution in [3.63, 3.8) is 0 Å². The number of thiophene rings is 1. The molecule has 4 N–H and O–H groups in total. The van der Waals surface area contributed by atoms with Crippen LogP contribution in [0.25, 0.3) is 0 Å². The molecule has 0 radical (unpaired) electrons. The van der Waals surface area contributed by atoms with Gasteiger partial charge in [0.2, 0.25) is 0 Å². The third-order valence-electron chi connectivity index (χ3n) is 4.79. The molecule has 6 nitrogen and oxygen atoms in total. The first-order chi connectivity index (χ1) is 13.1. The normalized spacial score (nSPS) is 19.3. The molecule has 3 amide bonds. The summed E-state index contributed by atoms with van der Waals surface area (Å²) in [5.41, 5.74) is 1.96. The fourth-order valence-corrected chi connectivity index (χ4v) is 3.87. The van der Waals surface area contributed by atoms with Gasteiger partial charge in [0.1, 0.15) is 0 Å². The van der Waals surface area contributed by atoms with Crippen molar-refractivity contribution in [3.8, 4) is 0 Å². The molecule has 0 saturated carbocycles. The van der Waals surface area contributed by atoms with E-state index in [-0.39, 0.29) is 18.0 Å². The standard InChI is InChI=1S/C20H26N4O2S/c1-15-4-6-16(7-5-15)22-20(26)23-17-8-10-24(11-9-17)14-19(25)21-13-18-3-2-12-27-18/h2-7,12,17H,8-11,13-14H2,1H3,(H,21,25)(H2,22,23,26)/p+1. The number of carbonyl (C=O) groups excluding carboxylic acids is 2. The van der Waals surface area contributed by atoms with Gasteiger partial charge in [-0.3, -0.25) is 4.79 Å². The molecule has 3 rings (SSSR count). The number of urea groups is 1. The lowest BCUT2D eigenvalue weighted by Gasteiger charge is -2.29. The van der Waals surface area contributed by atoms with Crippen molar-refractivity contribution in [3.05, 3.63) is 52.2 Å². The maximum absolute atomic E-state index is 12.1. The number of benzene rings is 1. The number of hydrogen-bond donors (Lipinski definition) is 4. The average Bonchev–Trinajstić information content (AvgIpc) is 3.17. The zero-order valence-corrected chi connectivity index (χ0v) is 16.4. The van der Waals surface area contributed by atoms with Crippen LogP contribution in [0.3, 0.4) is 0 Å². The molecule has 0 atom stereocenters. The predicted molar refractivity (Wildman–Crippen MR) is 108 cm³/mol. The Morgan fingerprint density at radius 2 is 1.89 bits per heavy atom. The monoisotopic (exact) mass is 387 g/mol. The molecule has 0 spiro atoms. The van der Waals surface area contributed by atoms with E-state index in [9.17, 15) is 9.59 Å². The summed E-state index contributed by atoms with van der Waals surface area (Å²) >= 11 is 1.65. The number of carbonyl (C=O) groups is 2. The molecule has 2 aromatic rings. The molecule has 1 aliphatic rings. The highest BCUT2D eigenvalue weighted by Crippen LogP contribution is 2.09. The Balaban J connectivity index is 1.34. The number of amides is 3. The van der Waals surface area contributed by atoms with E-state index in [0.29, 0.717) is 13.1 Å². The minimum atomic E-state index is -0.166. The second kappa shape index (κ2) is 9.53. The van der Waals surface area contributed by atoms with Crippen LogP contribution in [0.1, 0.15) is 23.3 Å². The molecule has 1 aromatic heterocycles. The number of nitrogens with one attached hydrogen (secondary N) is 4. The van der Waals surface area contributed by atoms with Crippen molar-refractivity contribution < 1.29 is 14.5 Å². The van der Waals surface area contributed by atoms with Crippen LogP contribution in [0, 0.1) is 6.92 Å². The summed E-state index contributed by atoms with van der Waals surface area (Å²) in [6.45, 7) is 4.90. The second-order valence-electron chi connectivity index (χ2n) is 7.02. The fourth-order valence-electron chi connectivity index (χ4n) is 3.23. The molecule has 27 heavy (non-hydrogen) atoms. The van der Waals surface area contributed by atoms with Gasteiger partial charge in [0.25, 0.3) is 5.91 Å². The van der Waals surface area contributed by atoms with Gasteiger partial charge in [-0.1, -0.05) is 23.8 Å². The van der Waals surface area contributed by atoms with Gasteiger partial charge < -0.3 is 20.9 Å². The van der Waals surface area contributed by atoms with E-state index in [1.165, 1.54) is 9.78 Å². The van der Waals surface area contributed by atoms with Crippen LogP contribution in [0.2, 0.25) is 0 Å². The van der Waals surface area contributed by atoms with Crippen molar-refractivity contribution in [2.45, 2.75) is 32.4 Å². The average molecular weight is 388 g/mol. The number of aryl methyl sites for hydroxylation is 1. The van der Waals surface area contributed by atoms with Gasteiger partial charge in [0, 0.05) is 29.4 Å². The smallest absolute Gasteiger partial charge is 0.319 e. The van der Waals surface area contributed by atoms with E-state index in [1.807, 2.05) is 48.7 Å². The first-order valence-corrected chi connectivity index (χ1v) is 10.2. The maximum Gasteiger partial charge on any atom is 0.319 e. The van der Waals surface area contributed by atoms with E-state index >= 15 is 0 Å². The van der Waals surface area contributed by atoms with Gasteiger partial charge >= 0.3 is 6.03 Å². The lowest BCUT2D eigenvalue weighted by molar-refractivity contribution is -0.897. The summed E-state index contributed by atoms with van der Waals surface area (Å²) in [7, 11) is 0. The summed E-state index contributed by atoms with van der Waals surface area (Å²) in [6.07, 6.45) is 1.77. The van der Waals surface area contributed by atoms with Gasteiger partial charge in [-0.15, -0.1) is 11.3 Å². The molecule has 7 heteroatoms. The minimum Gasteiger partial charge on any atom is -0.346 e. The summed E-state index contributed by atoms with van der Waals surface area (Å²) in [5.74, 6) is 0.0851. The number of hydrogen-bond acceptors (Lipinski definition) is 3. The first-order valence-electron chi connectivity index (χ1n) is 9.35. The molecule has 144 valence electrons. The molecule has 1 aliphatic heterocycles. The molecular weight excluding hydrogens is 360 g/mol.